The van der Waals surface area contributed by atoms with Crippen LogP contribution in [-0.4, -0.2) is 41.5 Å². The zero-order valence-corrected chi connectivity index (χ0v) is 36.5. The summed E-state index contributed by atoms with van der Waals surface area (Å²) in [6.45, 7) is 0.301. The Kier molecular flexibility index (Phi) is 14.5. The molecule has 2 aromatic heterocycles. The minimum atomic E-state index is -5.05. The molecule has 0 bridgehead atoms. The molecule has 0 amide bonds. The Morgan fingerprint density at radius 3 is 1.16 bits per heavy atom. The third-order valence-corrected chi connectivity index (χ3v) is 11.6. The van der Waals surface area contributed by atoms with Crippen LogP contribution in [-0.2, 0) is 24.3 Å². The van der Waals surface area contributed by atoms with Crippen molar-refractivity contribution in [1.29, 1.82) is 0 Å². The van der Waals surface area contributed by atoms with Gasteiger partial charge in [-0.1, -0.05) is 109 Å². The fourth-order valence-electron chi connectivity index (χ4n) is 7.90. The van der Waals surface area contributed by atoms with Crippen molar-refractivity contribution >= 4 is 45.3 Å². The number of non-ortho nitro benzene ring substituents is 2. The van der Waals surface area contributed by atoms with Crippen LogP contribution in [0.1, 0.15) is 46.2 Å². The number of nitrogens with zero attached hydrogens (tertiary/aromatic N) is 4. The fourth-order valence-corrected chi connectivity index (χ4v) is 7.90. The summed E-state index contributed by atoms with van der Waals surface area (Å²) in [4.78, 5) is 21.4. The predicted molar refractivity (Wildman–Crippen MR) is 248 cm³/mol. The average molecular weight is 969 g/mol. The van der Waals surface area contributed by atoms with E-state index < -0.39 is 69.0 Å². The van der Waals surface area contributed by atoms with Gasteiger partial charge in [0.15, 0.2) is 11.2 Å². The van der Waals surface area contributed by atoms with Crippen LogP contribution >= 0.6 is 0 Å². The van der Waals surface area contributed by atoms with E-state index in [1.54, 1.807) is 60.7 Å². The Bertz CT molecular complexity index is 2970. The molecule has 360 valence electrons. The van der Waals surface area contributed by atoms with Gasteiger partial charge in [0.05, 0.1) is 20.9 Å². The Balaban J connectivity index is 0.000000206. The van der Waals surface area contributed by atoms with Gasteiger partial charge in [0.2, 0.25) is 0 Å². The molecular formula is C52H40F8N4O6. The zero-order chi connectivity index (χ0) is 50.4. The minimum Gasteiger partial charge on any atom is -0.376 e. The van der Waals surface area contributed by atoms with E-state index in [9.17, 15) is 65.6 Å². The SMILES string of the molecule is O=[N+]([O-])c1ccc2c(C(O)(C/C=C/c3ccc(F)cc3)C(F)(F)F)cn(Cc3ccccc3)c2c1.O=[N+]([O-])c1ccc2c(C(O)(C/C=C/c3ccc(F)cc3)C(F)(F)F)cn(Cc3ccccc3)c2c1. The highest BCUT2D eigenvalue weighted by Crippen LogP contribution is 2.47. The number of rotatable bonds is 14. The molecule has 2 N–H and O–H groups in total. The summed E-state index contributed by atoms with van der Waals surface area (Å²) >= 11 is 0. The molecule has 2 atom stereocenters. The van der Waals surface area contributed by atoms with Crippen LogP contribution in [0.15, 0.2) is 170 Å². The van der Waals surface area contributed by atoms with E-state index in [0.717, 1.165) is 23.3 Å². The normalized spacial score (nSPS) is 13.9. The van der Waals surface area contributed by atoms with Gasteiger partial charge < -0.3 is 19.3 Å². The number of fused-ring (bicyclic) bond motifs is 2. The molecule has 0 saturated carbocycles. The number of nitro benzene ring substituents is 2. The Hall–Kier alpha value is -7.96. The topological polar surface area (TPSA) is 137 Å². The van der Waals surface area contributed by atoms with Crippen molar-refractivity contribution in [3.8, 4) is 0 Å². The quantitative estimate of drug-likeness (QED) is 0.0633. The molecule has 2 unspecified atom stereocenters. The lowest BCUT2D eigenvalue weighted by Crippen LogP contribution is -2.41. The first-order valence-electron chi connectivity index (χ1n) is 21.2. The molecule has 18 heteroatoms. The number of aromatic nitrogens is 2. The summed E-state index contributed by atoms with van der Waals surface area (Å²) in [6, 6.07) is 35.2. The lowest BCUT2D eigenvalue weighted by molar-refractivity contribution is -0.384. The van der Waals surface area contributed by atoms with Gasteiger partial charge in [-0.2, -0.15) is 26.3 Å². The molecule has 0 aliphatic heterocycles. The minimum absolute atomic E-state index is 0.0570. The first kappa shape index (κ1) is 49.9. The molecule has 8 aromatic rings. The molecule has 0 spiro atoms. The van der Waals surface area contributed by atoms with E-state index in [2.05, 4.69) is 0 Å². The number of benzene rings is 6. The van der Waals surface area contributed by atoms with Crippen LogP contribution in [0.2, 0.25) is 0 Å². The molecule has 8 rings (SSSR count). The molecule has 0 fully saturated rings. The molecule has 6 aromatic carbocycles. The molecule has 0 saturated heterocycles. The standard InChI is InChI=1S/2C26H20F4N2O3/c2*27-20-10-8-18(9-11-20)7-4-14-25(33,26(28,29)30)23-17-31(16-19-5-2-1-3-6-19)24-15-21(32(34)35)12-13-22(23)24/h2*1-13,15,17,33H,14,16H2/b2*7-4+. The van der Waals surface area contributed by atoms with Gasteiger partial charge in [-0.3, -0.25) is 20.2 Å². The number of halogens is 8. The fraction of sp³-hybridized carbons (Fsp3) is 0.154. The number of alkyl halides is 6. The van der Waals surface area contributed by atoms with E-state index >= 15 is 0 Å². The highest BCUT2D eigenvalue weighted by molar-refractivity contribution is 5.88. The van der Waals surface area contributed by atoms with Crippen molar-refractivity contribution in [2.45, 2.75) is 49.5 Å². The lowest BCUT2D eigenvalue weighted by atomic mass is 9.89. The monoisotopic (exact) mass is 968 g/mol. The average Bonchev–Trinajstić information content (AvgIpc) is 3.88. The van der Waals surface area contributed by atoms with Gasteiger partial charge in [0, 0.05) is 84.5 Å². The van der Waals surface area contributed by atoms with Crippen LogP contribution in [0.25, 0.3) is 34.0 Å². The molecule has 0 aliphatic carbocycles. The van der Waals surface area contributed by atoms with Crippen LogP contribution < -0.4 is 0 Å². The second-order valence-electron chi connectivity index (χ2n) is 16.3. The van der Waals surface area contributed by atoms with Crippen molar-refractivity contribution in [2.24, 2.45) is 0 Å². The van der Waals surface area contributed by atoms with Gasteiger partial charge in [-0.05, 0) is 58.7 Å². The maximum atomic E-state index is 14.3. The van der Waals surface area contributed by atoms with Gasteiger partial charge in [-0.15, -0.1) is 0 Å². The summed E-state index contributed by atoms with van der Waals surface area (Å²) in [7, 11) is 0. The zero-order valence-electron chi connectivity index (χ0n) is 36.5. The summed E-state index contributed by atoms with van der Waals surface area (Å²) in [5.74, 6) is -0.955. The van der Waals surface area contributed by atoms with Crippen molar-refractivity contribution in [3.63, 3.8) is 0 Å². The van der Waals surface area contributed by atoms with Gasteiger partial charge in [0.1, 0.15) is 11.6 Å². The van der Waals surface area contributed by atoms with Crippen LogP contribution in [0, 0.1) is 31.9 Å². The first-order chi connectivity index (χ1) is 33.2. The number of hydrogen-bond donors (Lipinski definition) is 2. The smallest absolute Gasteiger partial charge is 0.376 e. The third-order valence-electron chi connectivity index (χ3n) is 11.6. The highest BCUT2D eigenvalue weighted by Gasteiger charge is 2.56. The highest BCUT2D eigenvalue weighted by atomic mass is 19.4. The van der Waals surface area contributed by atoms with Crippen LogP contribution in [0.5, 0.6) is 0 Å². The van der Waals surface area contributed by atoms with E-state index in [4.69, 9.17) is 0 Å². The third kappa shape index (κ3) is 11.0. The summed E-state index contributed by atoms with van der Waals surface area (Å²) in [6.07, 6.45) is -4.25. The number of nitro groups is 2. The maximum absolute atomic E-state index is 14.3. The number of hydrogen-bond acceptors (Lipinski definition) is 6. The van der Waals surface area contributed by atoms with Gasteiger partial charge in [0.25, 0.3) is 11.4 Å². The van der Waals surface area contributed by atoms with Crippen molar-refractivity contribution in [3.05, 3.63) is 235 Å². The molecule has 0 radical (unpaired) electrons. The molecule has 2 heterocycles. The van der Waals surface area contributed by atoms with Crippen LogP contribution in [0.4, 0.5) is 46.5 Å². The number of aliphatic hydroxyl groups is 2. The molecule has 0 aliphatic rings. The van der Waals surface area contributed by atoms with Crippen molar-refractivity contribution in [1.82, 2.24) is 9.13 Å². The van der Waals surface area contributed by atoms with E-state index in [-0.39, 0.29) is 46.3 Å². The summed E-state index contributed by atoms with van der Waals surface area (Å²) < 4.78 is 115. The van der Waals surface area contributed by atoms with E-state index in [1.165, 1.54) is 119 Å². The molecule has 10 nitrogen and oxygen atoms in total. The predicted octanol–water partition coefficient (Wildman–Crippen LogP) is 13.2. The van der Waals surface area contributed by atoms with Gasteiger partial charge >= 0.3 is 12.4 Å². The second-order valence-corrected chi connectivity index (χ2v) is 16.3. The Morgan fingerprint density at radius 1 is 0.500 bits per heavy atom. The Morgan fingerprint density at radius 2 is 0.843 bits per heavy atom. The second kappa shape index (κ2) is 20.3. The summed E-state index contributed by atoms with van der Waals surface area (Å²) in [5, 5.41) is 44.8. The van der Waals surface area contributed by atoms with Crippen LogP contribution in [0.3, 0.4) is 0 Å². The molecule has 70 heavy (non-hydrogen) atoms. The van der Waals surface area contributed by atoms with E-state index in [0.29, 0.717) is 11.1 Å². The Labute approximate surface area is 393 Å². The first-order valence-corrected chi connectivity index (χ1v) is 21.2. The largest absolute Gasteiger partial charge is 0.421 e. The molecular weight excluding hydrogens is 929 g/mol. The summed E-state index contributed by atoms with van der Waals surface area (Å²) in [5.41, 5.74) is -5.01. The van der Waals surface area contributed by atoms with Crippen molar-refractivity contribution in [2.75, 3.05) is 0 Å². The van der Waals surface area contributed by atoms with E-state index in [1.807, 2.05) is 0 Å². The van der Waals surface area contributed by atoms with Gasteiger partial charge in [-0.25, -0.2) is 8.78 Å². The van der Waals surface area contributed by atoms with Crippen molar-refractivity contribution < 1.29 is 55.2 Å². The lowest BCUT2D eigenvalue weighted by Gasteiger charge is -2.29. The maximum Gasteiger partial charge on any atom is 0.421 e.